The maximum atomic E-state index is 10.7. The summed E-state index contributed by atoms with van der Waals surface area (Å²) in [5.41, 5.74) is 0. The number of aromatic nitrogens is 3. The van der Waals surface area contributed by atoms with Gasteiger partial charge in [0.2, 0.25) is 0 Å². The Morgan fingerprint density at radius 3 is 3.07 bits per heavy atom. The number of esters is 1. The normalized spacial score (nSPS) is 12.1. The molecule has 0 radical (unpaired) electrons. The van der Waals surface area contributed by atoms with Crippen molar-refractivity contribution in [3.8, 4) is 0 Å². The van der Waals surface area contributed by atoms with Crippen LogP contribution in [0.3, 0.4) is 0 Å². The number of ether oxygens (including phenoxy) is 1. The maximum Gasteiger partial charge on any atom is 0.303 e. The number of carbonyl (C=O) groups is 1. The molecule has 1 aromatic rings. The number of aryl methyl sites for hydroxylation is 1. The number of thiocarbonyl (C=S) groups is 1. The third kappa shape index (κ3) is 3.96. The lowest BCUT2D eigenvalue weighted by molar-refractivity contribution is -0.142. The average Bonchev–Trinajstić information content (AvgIpc) is 2.58. The Labute approximate surface area is 97.2 Å². The summed E-state index contributed by atoms with van der Waals surface area (Å²) in [4.78, 5) is 10.7. The quantitative estimate of drug-likeness (QED) is 0.435. The molecule has 0 spiro atoms. The summed E-state index contributed by atoms with van der Waals surface area (Å²) < 4.78 is 6.75. The molecule has 15 heavy (non-hydrogen) atoms. The van der Waals surface area contributed by atoms with E-state index >= 15 is 0 Å². The number of hydrogen-bond donors (Lipinski definition) is 0. The van der Waals surface area contributed by atoms with Crippen molar-refractivity contribution in [3.63, 3.8) is 0 Å². The smallest absolute Gasteiger partial charge is 0.303 e. The van der Waals surface area contributed by atoms with Gasteiger partial charge in [-0.1, -0.05) is 24.0 Å². The number of thioether (sulfide) groups is 1. The van der Waals surface area contributed by atoms with E-state index in [1.165, 1.54) is 24.1 Å². The van der Waals surface area contributed by atoms with E-state index in [0.717, 1.165) is 5.16 Å². The molecular weight excluding hydrogens is 234 g/mol. The Morgan fingerprint density at radius 1 is 1.87 bits per heavy atom. The molecule has 5 nitrogen and oxygen atoms in total. The summed E-state index contributed by atoms with van der Waals surface area (Å²) in [6.45, 7) is 1.36. The fourth-order valence-electron chi connectivity index (χ4n) is 0.874. The lowest BCUT2D eigenvalue weighted by Crippen LogP contribution is -2.19. The highest BCUT2D eigenvalue weighted by Crippen LogP contribution is 2.15. The van der Waals surface area contributed by atoms with Crippen molar-refractivity contribution in [2.75, 3.05) is 5.75 Å². The van der Waals surface area contributed by atoms with Crippen LogP contribution in [0.1, 0.15) is 6.92 Å². The van der Waals surface area contributed by atoms with Crippen LogP contribution in [0.25, 0.3) is 0 Å². The zero-order valence-corrected chi connectivity index (χ0v) is 10.0. The van der Waals surface area contributed by atoms with Crippen LogP contribution in [0, 0.1) is 0 Å². The summed E-state index contributed by atoms with van der Waals surface area (Å²) in [6.07, 6.45) is 1.25. The molecule has 0 bridgehead atoms. The predicted octanol–water partition coefficient (Wildman–Crippen LogP) is 0.839. The number of rotatable bonds is 5. The lowest BCUT2D eigenvalue weighted by atomic mass is 10.5. The van der Waals surface area contributed by atoms with Crippen LogP contribution in [0.15, 0.2) is 11.5 Å². The average molecular weight is 245 g/mol. The van der Waals surface area contributed by atoms with Crippen LogP contribution in [-0.2, 0) is 16.6 Å². The fraction of sp³-hybridized carbons (Fsp3) is 0.500. The van der Waals surface area contributed by atoms with Gasteiger partial charge in [-0.3, -0.25) is 4.79 Å². The topological polar surface area (TPSA) is 57.0 Å². The lowest BCUT2D eigenvalue weighted by Gasteiger charge is -2.10. The van der Waals surface area contributed by atoms with Crippen LogP contribution in [-0.4, -0.2) is 38.0 Å². The third-order valence-corrected chi connectivity index (χ3v) is 2.94. The first-order valence-corrected chi connectivity index (χ1v) is 5.68. The predicted molar refractivity (Wildman–Crippen MR) is 60.9 cm³/mol. The Bertz CT molecular complexity index is 353. The summed E-state index contributed by atoms with van der Waals surface area (Å²) in [6, 6.07) is 0. The molecule has 0 aliphatic heterocycles. The van der Waals surface area contributed by atoms with Crippen LogP contribution in [0.2, 0.25) is 0 Å². The van der Waals surface area contributed by atoms with Gasteiger partial charge in [-0.2, -0.15) is 0 Å². The molecular formula is C8H11N3O2S2. The molecule has 0 aliphatic carbocycles. The van der Waals surface area contributed by atoms with Gasteiger partial charge in [0.15, 0.2) is 5.16 Å². The Morgan fingerprint density at radius 2 is 2.60 bits per heavy atom. The molecule has 7 heteroatoms. The highest BCUT2D eigenvalue weighted by atomic mass is 32.2. The van der Waals surface area contributed by atoms with Crippen LogP contribution in [0.5, 0.6) is 0 Å². The van der Waals surface area contributed by atoms with Gasteiger partial charge in [-0.25, -0.2) is 0 Å². The first-order chi connectivity index (χ1) is 7.13. The largest absolute Gasteiger partial charge is 0.457 e. The van der Waals surface area contributed by atoms with Crippen LogP contribution >= 0.6 is 24.0 Å². The summed E-state index contributed by atoms with van der Waals surface area (Å²) in [7, 11) is 1.85. The van der Waals surface area contributed by atoms with Gasteiger partial charge in [0.25, 0.3) is 0 Å². The standard InChI is InChI=1S/C8H11N3O2S2/c1-6(12)13-7(3-14)4-15-8-10-9-5-11(8)2/h3,5,7H,4H2,1-2H3. The minimum atomic E-state index is -0.362. The maximum absolute atomic E-state index is 10.7. The second kappa shape index (κ2) is 5.82. The first kappa shape index (κ1) is 12.1. The van der Waals surface area contributed by atoms with Crippen molar-refractivity contribution in [1.82, 2.24) is 14.8 Å². The van der Waals surface area contributed by atoms with E-state index in [-0.39, 0.29) is 12.1 Å². The van der Waals surface area contributed by atoms with Gasteiger partial charge in [0.05, 0.1) is 0 Å². The van der Waals surface area contributed by atoms with Crippen molar-refractivity contribution >= 4 is 35.3 Å². The monoisotopic (exact) mass is 245 g/mol. The van der Waals surface area contributed by atoms with Crippen molar-refractivity contribution in [1.29, 1.82) is 0 Å². The van der Waals surface area contributed by atoms with Crippen molar-refractivity contribution in [2.45, 2.75) is 18.2 Å². The van der Waals surface area contributed by atoms with E-state index in [1.54, 1.807) is 10.9 Å². The molecule has 1 atom stereocenters. The van der Waals surface area contributed by atoms with E-state index in [2.05, 4.69) is 10.2 Å². The molecule has 0 aromatic carbocycles. The fourth-order valence-corrected chi connectivity index (χ4v) is 1.98. The van der Waals surface area contributed by atoms with Gasteiger partial charge < -0.3 is 9.30 Å². The van der Waals surface area contributed by atoms with E-state index in [4.69, 9.17) is 17.0 Å². The zero-order valence-electron chi connectivity index (χ0n) is 8.41. The highest BCUT2D eigenvalue weighted by Gasteiger charge is 2.11. The molecule has 0 amide bonds. The minimum Gasteiger partial charge on any atom is -0.457 e. The molecule has 1 heterocycles. The van der Waals surface area contributed by atoms with Crippen molar-refractivity contribution < 1.29 is 9.53 Å². The molecule has 82 valence electrons. The number of nitrogens with zero attached hydrogens (tertiary/aromatic N) is 3. The Hall–Kier alpha value is -0.950. The van der Waals surface area contributed by atoms with E-state index in [0.29, 0.717) is 5.75 Å². The van der Waals surface area contributed by atoms with Gasteiger partial charge >= 0.3 is 5.97 Å². The van der Waals surface area contributed by atoms with Crippen LogP contribution < -0.4 is 0 Å². The first-order valence-electron chi connectivity index (χ1n) is 4.22. The molecule has 0 N–H and O–H groups in total. The summed E-state index contributed by atoms with van der Waals surface area (Å²) in [5.74, 6) is 0.218. The summed E-state index contributed by atoms with van der Waals surface area (Å²) >= 11 is 6.20. The zero-order chi connectivity index (χ0) is 11.3. The Kier molecular flexibility index (Phi) is 4.70. The Balaban J connectivity index is 2.44. The minimum absolute atomic E-state index is 0.334. The van der Waals surface area contributed by atoms with Gasteiger partial charge in [0, 0.05) is 25.1 Å². The number of hydrogen-bond acceptors (Lipinski definition) is 6. The molecule has 0 saturated carbocycles. The third-order valence-electron chi connectivity index (χ3n) is 1.52. The second-order valence-electron chi connectivity index (χ2n) is 2.82. The van der Waals surface area contributed by atoms with E-state index in [1.807, 2.05) is 7.05 Å². The van der Waals surface area contributed by atoms with Crippen LogP contribution in [0.4, 0.5) is 0 Å². The number of carbonyl (C=O) groups excluding carboxylic acids is 1. The molecule has 0 saturated heterocycles. The highest BCUT2D eigenvalue weighted by molar-refractivity contribution is 7.99. The molecule has 1 unspecified atom stereocenters. The molecule has 1 aromatic heterocycles. The molecule has 1 rings (SSSR count). The van der Waals surface area contributed by atoms with E-state index in [9.17, 15) is 4.79 Å². The van der Waals surface area contributed by atoms with Crippen molar-refractivity contribution in [3.05, 3.63) is 6.33 Å². The second-order valence-corrected chi connectivity index (χ2v) is 4.08. The molecule has 0 aliphatic rings. The molecule has 0 fully saturated rings. The van der Waals surface area contributed by atoms with Crippen molar-refractivity contribution in [2.24, 2.45) is 7.05 Å². The van der Waals surface area contributed by atoms with Gasteiger partial charge in [-0.05, 0) is 0 Å². The van der Waals surface area contributed by atoms with Gasteiger partial charge in [0.1, 0.15) is 12.4 Å². The van der Waals surface area contributed by atoms with Gasteiger partial charge in [-0.15, -0.1) is 10.2 Å². The summed E-state index contributed by atoms with van der Waals surface area (Å²) in [5, 5.41) is 9.83. The SMILES string of the molecule is CC(=O)OC(C=S)CSc1nncn1C. The van der Waals surface area contributed by atoms with E-state index < -0.39 is 0 Å².